The highest BCUT2D eigenvalue weighted by molar-refractivity contribution is 6.00. The number of hydrogen-bond acceptors (Lipinski definition) is 4. The van der Waals surface area contributed by atoms with Crippen LogP contribution in [0.3, 0.4) is 0 Å². The van der Waals surface area contributed by atoms with Crippen molar-refractivity contribution in [3.05, 3.63) is 54.6 Å². The Morgan fingerprint density at radius 3 is 2.50 bits per heavy atom. The minimum atomic E-state index is -0.384. The number of hydrogen-bond donors (Lipinski definition) is 1. The maximum Gasteiger partial charge on any atom is 0.229 e. The molecule has 7 heteroatoms. The molecule has 0 aromatic heterocycles. The number of ether oxygens (including phenoxy) is 1. The molecule has 3 amide bonds. The summed E-state index contributed by atoms with van der Waals surface area (Å²) in [5.41, 5.74) is 1.53. The van der Waals surface area contributed by atoms with E-state index in [9.17, 15) is 14.4 Å². The van der Waals surface area contributed by atoms with Gasteiger partial charge in [-0.15, -0.1) is 0 Å². The van der Waals surface area contributed by atoms with Crippen LogP contribution in [0.5, 0.6) is 5.75 Å². The molecule has 168 valence electrons. The molecule has 0 unspecified atom stereocenters. The first-order valence-corrected chi connectivity index (χ1v) is 11.2. The fourth-order valence-electron chi connectivity index (χ4n) is 4.43. The Labute approximate surface area is 188 Å². The Kier molecular flexibility index (Phi) is 6.73. The Morgan fingerprint density at radius 1 is 1.03 bits per heavy atom. The maximum atomic E-state index is 13.2. The van der Waals surface area contributed by atoms with Gasteiger partial charge in [0.15, 0.2) is 0 Å². The van der Waals surface area contributed by atoms with E-state index in [1.807, 2.05) is 61.5 Å². The lowest BCUT2D eigenvalue weighted by Crippen LogP contribution is -2.46. The number of likely N-dealkylation sites (tertiary alicyclic amines) is 1. The minimum Gasteiger partial charge on any atom is -0.494 e. The molecular formula is C25H29N3O4. The second kappa shape index (κ2) is 9.85. The summed E-state index contributed by atoms with van der Waals surface area (Å²) in [6.07, 6.45) is 1.73. The van der Waals surface area contributed by atoms with Gasteiger partial charge in [0.1, 0.15) is 5.75 Å². The molecule has 4 rings (SSSR count). The van der Waals surface area contributed by atoms with Crippen molar-refractivity contribution in [2.24, 2.45) is 11.8 Å². The van der Waals surface area contributed by atoms with Crippen molar-refractivity contribution in [1.29, 1.82) is 0 Å². The van der Waals surface area contributed by atoms with E-state index in [0.29, 0.717) is 26.2 Å². The average molecular weight is 436 g/mol. The van der Waals surface area contributed by atoms with E-state index >= 15 is 0 Å². The summed E-state index contributed by atoms with van der Waals surface area (Å²) in [5.74, 6) is -0.0278. The molecule has 32 heavy (non-hydrogen) atoms. The highest BCUT2D eigenvalue weighted by atomic mass is 16.5. The first-order valence-electron chi connectivity index (χ1n) is 11.2. The number of rotatable bonds is 6. The first kappa shape index (κ1) is 21.9. The summed E-state index contributed by atoms with van der Waals surface area (Å²) in [6, 6.07) is 16.7. The van der Waals surface area contributed by atoms with Gasteiger partial charge >= 0.3 is 0 Å². The number of anilines is 2. The lowest BCUT2D eigenvalue weighted by molar-refractivity contribution is -0.138. The zero-order valence-corrected chi connectivity index (χ0v) is 18.3. The van der Waals surface area contributed by atoms with Gasteiger partial charge in [0.2, 0.25) is 17.7 Å². The van der Waals surface area contributed by atoms with Gasteiger partial charge in [-0.05, 0) is 56.2 Å². The van der Waals surface area contributed by atoms with Crippen molar-refractivity contribution in [1.82, 2.24) is 4.90 Å². The van der Waals surface area contributed by atoms with Crippen LogP contribution in [0.2, 0.25) is 0 Å². The Bertz CT molecular complexity index is 961. The summed E-state index contributed by atoms with van der Waals surface area (Å²) < 4.78 is 5.46. The van der Waals surface area contributed by atoms with Crippen LogP contribution in [0.4, 0.5) is 11.4 Å². The van der Waals surface area contributed by atoms with E-state index in [1.54, 1.807) is 9.80 Å². The molecule has 2 aliphatic heterocycles. The van der Waals surface area contributed by atoms with Gasteiger partial charge in [-0.25, -0.2) is 0 Å². The highest BCUT2D eigenvalue weighted by Gasteiger charge is 2.39. The quantitative estimate of drug-likeness (QED) is 0.755. The third kappa shape index (κ3) is 4.93. The van der Waals surface area contributed by atoms with E-state index < -0.39 is 0 Å². The van der Waals surface area contributed by atoms with Crippen molar-refractivity contribution < 1.29 is 19.1 Å². The van der Waals surface area contributed by atoms with Crippen LogP contribution < -0.4 is 15.0 Å². The molecule has 0 radical (unpaired) electrons. The van der Waals surface area contributed by atoms with Crippen LogP contribution in [-0.4, -0.2) is 48.9 Å². The summed E-state index contributed by atoms with van der Waals surface area (Å²) in [6.45, 7) is 3.89. The monoisotopic (exact) mass is 435 g/mol. The lowest BCUT2D eigenvalue weighted by atomic mass is 9.95. The van der Waals surface area contributed by atoms with Crippen LogP contribution >= 0.6 is 0 Å². The molecule has 0 bridgehead atoms. The van der Waals surface area contributed by atoms with Crippen LogP contribution in [0.1, 0.15) is 26.2 Å². The minimum absolute atomic E-state index is 0.0380. The largest absolute Gasteiger partial charge is 0.494 e. The van der Waals surface area contributed by atoms with E-state index in [1.165, 1.54) is 0 Å². The zero-order valence-electron chi connectivity index (χ0n) is 18.3. The Balaban J connectivity index is 1.36. The molecule has 1 N–H and O–H groups in total. The zero-order chi connectivity index (χ0) is 22.5. The average Bonchev–Trinajstić information content (AvgIpc) is 3.21. The molecule has 2 aromatic carbocycles. The SMILES string of the molecule is CCOc1ccc(N2C[C@H](C(=O)N3CCC[C@@H](C(=O)Nc4ccccc4)C3)CC2=O)cc1. The molecule has 0 saturated carbocycles. The Hall–Kier alpha value is -3.35. The first-order chi connectivity index (χ1) is 15.5. The van der Waals surface area contributed by atoms with Crippen molar-refractivity contribution in [3.8, 4) is 5.75 Å². The normalized spacial score (nSPS) is 20.8. The molecule has 0 spiro atoms. The molecule has 2 aliphatic rings. The Morgan fingerprint density at radius 2 is 1.78 bits per heavy atom. The number of para-hydroxylation sites is 1. The van der Waals surface area contributed by atoms with Gasteiger partial charge in [0.25, 0.3) is 0 Å². The third-order valence-corrected chi connectivity index (χ3v) is 6.08. The topological polar surface area (TPSA) is 79.0 Å². The highest BCUT2D eigenvalue weighted by Crippen LogP contribution is 2.29. The van der Waals surface area contributed by atoms with Gasteiger partial charge in [0.05, 0.1) is 18.4 Å². The second-order valence-corrected chi connectivity index (χ2v) is 8.31. The fraction of sp³-hybridized carbons (Fsp3) is 0.400. The predicted molar refractivity (Wildman–Crippen MR) is 122 cm³/mol. The van der Waals surface area contributed by atoms with E-state index in [2.05, 4.69) is 5.32 Å². The summed E-state index contributed by atoms with van der Waals surface area (Å²) >= 11 is 0. The summed E-state index contributed by atoms with van der Waals surface area (Å²) in [7, 11) is 0. The van der Waals surface area contributed by atoms with Gasteiger partial charge in [-0.3, -0.25) is 14.4 Å². The molecule has 2 heterocycles. The van der Waals surface area contributed by atoms with Gasteiger partial charge < -0.3 is 19.9 Å². The smallest absolute Gasteiger partial charge is 0.229 e. The van der Waals surface area contributed by atoms with Crippen LogP contribution in [0.15, 0.2) is 54.6 Å². The van der Waals surface area contributed by atoms with Crippen molar-refractivity contribution in [3.63, 3.8) is 0 Å². The molecule has 2 saturated heterocycles. The number of piperidine rings is 1. The number of benzene rings is 2. The molecule has 2 atom stereocenters. The molecule has 0 aliphatic carbocycles. The molecule has 2 fully saturated rings. The maximum absolute atomic E-state index is 13.2. The van der Waals surface area contributed by atoms with E-state index in [0.717, 1.165) is 30.0 Å². The van der Waals surface area contributed by atoms with E-state index in [4.69, 9.17) is 4.74 Å². The number of nitrogens with zero attached hydrogens (tertiary/aromatic N) is 2. The van der Waals surface area contributed by atoms with Crippen LogP contribution in [-0.2, 0) is 14.4 Å². The molecule has 7 nitrogen and oxygen atoms in total. The summed E-state index contributed by atoms with van der Waals surface area (Å²) in [5, 5.41) is 2.94. The number of amides is 3. The van der Waals surface area contributed by atoms with E-state index in [-0.39, 0.29) is 36.0 Å². The lowest BCUT2D eigenvalue weighted by Gasteiger charge is -2.33. The van der Waals surface area contributed by atoms with Crippen molar-refractivity contribution in [2.45, 2.75) is 26.2 Å². The van der Waals surface area contributed by atoms with Gasteiger partial charge in [0, 0.05) is 37.4 Å². The number of nitrogens with one attached hydrogen (secondary N) is 1. The van der Waals surface area contributed by atoms with Gasteiger partial charge in [-0.1, -0.05) is 18.2 Å². The number of carbonyl (C=O) groups excluding carboxylic acids is 3. The predicted octanol–water partition coefficient (Wildman–Crippen LogP) is 3.32. The van der Waals surface area contributed by atoms with Crippen LogP contribution in [0.25, 0.3) is 0 Å². The third-order valence-electron chi connectivity index (χ3n) is 6.08. The number of carbonyl (C=O) groups is 3. The van der Waals surface area contributed by atoms with Crippen LogP contribution in [0, 0.1) is 11.8 Å². The van der Waals surface area contributed by atoms with Crippen molar-refractivity contribution in [2.75, 3.05) is 36.5 Å². The second-order valence-electron chi connectivity index (χ2n) is 8.31. The van der Waals surface area contributed by atoms with Crippen molar-refractivity contribution >= 4 is 29.1 Å². The fourth-order valence-corrected chi connectivity index (χ4v) is 4.43. The molecule has 2 aromatic rings. The molecular weight excluding hydrogens is 406 g/mol. The summed E-state index contributed by atoms with van der Waals surface area (Å²) in [4.78, 5) is 41.9. The van der Waals surface area contributed by atoms with Gasteiger partial charge in [-0.2, -0.15) is 0 Å². The standard InChI is InChI=1S/C25H29N3O4/c1-2-32-22-12-10-21(11-13-22)28-17-19(15-23(28)29)25(31)27-14-6-7-18(16-27)24(30)26-20-8-4-3-5-9-20/h3-5,8-13,18-19H,2,6-7,14-17H2,1H3,(H,26,30)/t18-,19-/m1/s1.